The third-order valence-electron chi connectivity index (χ3n) is 3.70. The number of rotatable bonds is 4. The highest BCUT2D eigenvalue weighted by Gasteiger charge is 2.51. The van der Waals surface area contributed by atoms with Crippen LogP contribution in [0.5, 0.6) is 5.75 Å². The molecular weight excluding hydrogens is 356 g/mol. The van der Waals surface area contributed by atoms with E-state index in [1.165, 1.54) is 4.90 Å². The first kappa shape index (κ1) is 14.8. The number of carbonyl (C=O) groups excluding carboxylic acids is 2. The molecule has 1 aromatic carbocycles. The van der Waals surface area contributed by atoms with E-state index in [0.29, 0.717) is 24.3 Å². The molecule has 0 radical (unpaired) electrons. The molecule has 7 nitrogen and oxygen atoms in total. The second-order valence-electron chi connectivity index (χ2n) is 5.32. The van der Waals surface area contributed by atoms with E-state index < -0.39 is 17.4 Å². The van der Waals surface area contributed by atoms with Gasteiger partial charge in [0.2, 0.25) is 5.91 Å². The van der Waals surface area contributed by atoms with Gasteiger partial charge in [-0.05, 0) is 31.0 Å². The van der Waals surface area contributed by atoms with E-state index in [4.69, 9.17) is 9.84 Å². The van der Waals surface area contributed by atoms with E-state index in [9.17, 15) is 14.4 Å². The average molecular weight is 369 g/mol. The average Bonchev–Trinajstić information content (AvgIpc) is 3.23. The van der Waals surface area contributed by atoms with Crippen LogP contribution < -0.4 is 15.0 Å². The Morgan fingerprint density at radius 3 is 2.77 bits per heavy atom. The highest BCUT2D eigenvalue weighted by molar-refractivity contribution is 9.10. The number of carboxylic acid groups (broad SMARTS) is 1. The van der Waals surface area contributed by atoms with Gasteiger partial charge in [0.25, 0.3) is 5.91 Å². The van der Waals surface area contributed by atoms with Crippen molar-refractivity contribution < 1.29 is 24.2 Å². The molecule has 22 heavy (non-hydrogen) atoms. The SMILES string of the molecule is O=C(CN1C(=O)COc2cc(Br)ccc21)NC1(C(=O)O)CC1. The molecule has 2 aliphatic rings. The third-order valence-corrected chi connectivity index (χ3v) is 4.20. The van der Waals surface area contributed by atoms with Crippen LogP contribution >= 0.6 is 15.9 Å². The van der Waals surface area contributed by atoms with Gasteiger partial charge < -0.3 is 15.2 Å². The Labute approximate surface area is 134 Å². The van der Waals surface area contributed by atoms with Crippen LogP contribution in [-0.4, -0.2) is 41.6 Å². The number of fused-ring (bicyclic) bond motifs is 1. The zero-order chi connectivity index (χ0) is 15.9. The molecule has 116 valence electrons. The van der Waals surface area contributed by atoms with Gasteiger partial charge in [-0.1, -0.05) is 15.9 Å². The summed E-state index contributed by atoms with van der Waals surface area (Å²) in [5, 5.41) is 11.6. The Kier molecular flexibility index (Phi) is 3.56. The Hall–Kier alpha value is -2.09. The van der Waals surface area contributed by atoms with Gasteiger partial charge in [-0.15, -0.1) is 0 Å². The number of halogens is 1. The molecule has 0 saturated heterocycles. The summed E-state index contributed by atoms with van der Waals surface area (Å²) in [6.45, 7) is -0.382. The van der Waals surface area contributed by atoms with Crippen molar-refractivity contribution >= 4 is 39.4 Å². The first-order valence-electron chi connectivity index (χ1n) is 6.68. The lowest BCUT2D eigenvalue weighted by Gasteiger charge is -2.29. The van der Waals surface area contributed by atoms with E-state index in [-0.39, 0.29) is 19.1 Å². The zero-order valence-electron chi connectivity index (χ0n) is 11.5. The molecule has 1 aliphatic heterocycles. The molecule has 1 heterocycles. The van der Waals surface area contributed by atoms with Crippen LogP contribution in [-0.2, 0) is 14.4 Å². The number of ether oxygens (including phenoxy) is 1. The first-order valence-corrected chi connectivity index (χ1v) is 7.48. The van der Waals surface area contributed by atoms with Gasteiger partial charge in [0.1, 0.15) is 17.8 Å². The fraction of sp³-hybridized carbons (Fsp3) is 0.357. The van der Waals surface area contributed by atoms with Crippen LogP contribution in [0.3, 0.4) is 0 Å². The molecule has 1 aliphatic carbocycles. The lowest BCUT2D eigenvalue weighted by molar-refractivity contribution is -0.143. The minimum atomic E-state index is -1.16. The Bertz CT molecular complexity index is 671. The van der Waals surface area contributed by atoms with Gasteiger partial charge in [-0.25, -0.2) is 4.79 Å². The number of hydrogen-bond donors (Lipinski definition) is 2. The highest BCUT2D eigenvalue weighted by Crippen LogP contribution is 2.36. The summed E-state index contributed by atoms with van der Waals surface area (Å²) >= 11 is 3.31. The molecule has 2 N–H and O–H groups in total. The van der Waals surface area contributed by atoms with Crippen molar-refractivity contribution in [1.29, 1.82) is 0 Å². The summed E-state index contributed by atoms with van der Waals surface area (Å²) in [5.41, 5.74) is -0.663. The maximum absolute atomic E-state index is 12.1. The fourth-order valence-electron chi connectivity index (χ4n) is 2.32. The monoisotopic (exact) mass is 368 g/mol. The largest absolute Gasteiger partial charge is 0.482 e. The number of benzene rings is 1. The van der Waals surface area contributed by atoms with Gasteiger partial charge in [-0.3, -0.25) is 14.5 Å². The van der Waals surface area contributed by atoms with Crippen molar-refractivity contribution in [2.24, 2.45) is 0 Å². The zero-order valence-corrected chi connectivity index (χ0v) is 13.1. The lowest BCUT2D eigenvalue weighted by Crippen LogP contribution is -2.50. The predicted molar refractivity (Wildman–Crippen MR) is 79.7 cm³/mol. The van der Waals surface area contributed by atoms with Crippen molar-refractivity contribution in [1.82, 2.24) is 5.32 Å². The molecule has 0 atom stereocenters. The standard InChI is InChI=1S/C14H13BrN2O5/c15-8-1-2-9-10(5-8)22-7-12(19)17(9)6-11(18)16-14(3-4-14)13(20)21/h1-2,5H,3-4,6-7H2,(H,16,18)(H,20,21). The number of carboxylic acids is 1. The number of nitrogens with one attached hydrogen (secondary N) is 1. The minimum Gasteiger partial charge on any atom is -0.482 e. The Morgan fingerprint density at radius 2 is 2.14 bits per heavy atom. The van der Waals surface area contributed by atoms with Crippen molar-refractivity contribution in [2.75, 3.05) is 18.1 Å². The number of aliphatic carboxylic acids is 1. The normalized spacial score (nSPS) is 18.2. The van der Waals surface area contributed by atoms with Crippen LogP contribution in [0.1, 0.15) is 12.8 Å². The number of anilines is 1. The molecule has 1 fully saturated rings. The fourth-order valence-corrected chi connectivity index (χ4v) is 2.66. The number of nitrogens with zero attached hydrogens (tertiary/aromatic N) is 1. The summed E-state index contributed by atoms with van der Waals surface area (Å²) in [7, 11) is 0. The van der Waals surface area contributed by atoms with Crippen molar-refractivity contribution in [3.05, 3.63) is 22.7 Å². The number of carbonyl (C=O) groups is 3. The topological polar surface area (TPSA) is 95.9 Å². The van der Waals surface area contributed by atoms with Gasteiger partial charge >= 0.3 is 5.97 Å². The van der Waals surface area contributed by atoms with E-state index >= 15 is 0 Å². The van der Waals surface area contributed by atoms with Gasteiger partial charge in [-0.2, -0.15) is 0 Å². The van der Waals surface area contributed by atoms with Crippen LogP contribution in [0.15, 0.2) is 22.7 Å². The lowest BCUT2D eigenvalue weighted by atomic mass is 10.2. The van der Waals surface area contributed by atoms with E-state index in [0.717, 1.165) is 4.47 Å². The van der Waals surface area contributed by atoms with Crippen molar-refractivity contribution in [3.63, 3.8) is 0 Å². The van der Waals surface area contributed by atoms with Gasteiger partial charge in [0.15, 0.2) is 6.61 Å². The summed E-state index contributed by atoms with van der Waals surface area (Å²) in [5.74, 6) is -1.38. The molecular formula is C14H13BrN2O5. The summed E-state index contributed by atoms with van der Waals surface area (Å²) < 4.78 is 6.13. The first-order chi connectivity index (χ1) is 10.4. The van der Waals surface area contributed by atoms with Crippen molar-refractivity contribution in [3.8, 4) is 5.75 Å². The second-order valence-corrected chi connectivity index (χ2v) is 6.23. The third kappa shape index (κ3) is 2.66. The number of amides is 2. The molecule has 1 saturated carbocycles. The highest BCUT2D eigenvalue weighted by atomic mass is 79.9. The van der Waals surface area contributed by atoms with Crippen LogP contribution in [0.25, 0.3) is 0 Å². The van der Waals surface area contributed by atoms with Gasteiger partial charge in [0, 0.05) is 4.47 Å². The molecule has 8 heteroatoms. The Morgan fingerprint density at radius 1 is 1.41 bits per heavy atom. The smallest absolute Gasteiger partial charge is 0.329 e. The molecule has 0 aromatic heterocycles. The minimum absolute atomic E-state index is 0.152. The van der Waals surface area contributed by atoms with E-state index in [1.54, 1.807) is 18.2 Å². The second kappa shape index (κ2) is 5.28. The molecule has 0 bridgehead atoms. The maximum Gasteiger partial charge on any atom is 0.329 e. The molecule has 2 amide bonds. The summed E-state index contributed by atoms with van der Waals surface area (Å²) in [4.78, 5) is 36.5. The number of hydrogen-bond acceptors (Lipinski definition) is 4. The van der Waals surface area contributed by atoms with Crippen LogP contribution in [0, 0.1) is 0 Å². The van der Waals surface area contributed by atoms with Gasteiger partial charge in [0.05, 0.1) is 5.69 Å². The maximum atomic E-state index is 12.1. The Balaban J connectivity index is 1.76. The molecule has 0 unspecified atom stereocenters. The van der Waals surface area contributed by atoms with Crippen molar-refractivity contribution in [2.45, 2.75) is 18.4 Å². The molecule has 1 aromatic rings. The summed E-state index contributed by atoms with van der Waals surface area (Å²) in [6, 6.07) is 5.13. The van der Waals surface area contributed by atoms with Crippen LogP contribution in [0.2, 0.25) is 0 Å². The predicted octanol–water partition coefficient (Wildman–Crippen LogP) is 0.908. The summed E-state index contributed by atoms with van der Waals surface area (Å²) in [6.07, 6.45) is 0.823. The van der Waals surface area contributed by atoms with E-state index in [2.05, 4.69) is 21.2 Å². The molecule has 0 spiro atoms. The quantitative estimate of drug-likeness (QED) is 0.823. The van der Waals surface area contributed by atoms with E-state index in [1.807, 2.05) is 0 Å². The molecule has 3 rings (SSSR count). The van der Waals surface area contributed by atoms with Crippen LogP contribution in [0.4, 0.5) is 5.69 Å².